The fourth-order valence-corrected chi connectivity index (χ4v) is 3.46. The van der Waals surface area contributed by atoms with E-state index in [0.717, 1.165) is 0 Å². The number of halogens is 1. The molecule has 1 saturated heterocycles. The number of aryl methyl sites for hydroxylation is 1. The molecule has 0 spiro atoms. The van der Waals surface area contributed by atoms with Crippen LogP contribution in [0.15, 0.2) is 11.1 Å². The molecule has 0 radical (unpaired) electrons. The minimum absolute atomic E-state index is 0.260. The van der Waals surface area contributed by atoms with Crippen molar-refractivity contribution >= 4 is 21.6 Å². The lowest BCUT2D eigenvalue weighted by atomic mass is 10.1. The predicted molar refractivity (Wildman–Crippen MR) is 56.3 cm³/mol. The van der Waals surface area contributed by atoms with Gasteiger partial charge in [0, 0.05) is 24.9 Å². The first kappa shape index (κ1) is 10.9. The zero-order valence-corrected chi connectivity index (χ0v) is 9.85. The highest BCUT2D eigenvalue weighted by atomic mass is 35.5. The summed E-state index contributed by atoms with van der Waals surface area (Å²) in [7, 11) is -3.35. The number of hydrogen-bond acceptors (Lipinski definition) is 3. The monoisotopic (exact) mass is 249 g/mol. The summed E-state index contributed by atoms with van der Waals surface area (Å²) in [6.07, 6.45) is 1.35. The summed E-state index contributed by atoms with van der Waals surface area (Å²) in [6, 6.07) is 0. The van der Waals surface area contributed by atoms with Crippen LogP contribution >= 0.6 is 11.6 Å². The van der Waals surface area contributed by atoms with Crippen LogP contribution in [-0.2, 0) is 10.0 Å². The summed E-state index contributed by atoms with van der Waals surface area (Å²) in [4.78, 5) is 0.260. The maximum absolute atomic E-state index is 12.0. The maximum Gasteiger partial charge on any atom is 0.246 e. The second-order valence-corrected chi connectivity index (χ2v) is 5.92. The molecule has 2 rings (SSSR count). The minimum atomic E-state index is -3.35. The topological polar surface area (TPSA) is 66.1 Å². The van der Waals surface area contributed by atoms with E-state index in [0.29, 0.717) is 24.7 Å². The van der Waals surface area contributed by atoms with E-state index in [4.69, 9.17) is 11.6 Å². The van der Waals surface area contributed by atoms with Gasteiger partial charge in [0.05, 0.1) is 11.9 Å². The van der Waals surface area contributed by atoms with Crippen molar-refractivity contribution in [2.75, 3.05) is 19.0 Å². The van der Waals surface area contributed by atoms with Gasteiger partial charge in [-0.3, -0.25) is 5.10 Å². The molecule has 0 aromatic carbocycles. The first-order chi connectivity index (χ1) is 7.05. The smallest absolute Gasteiger partial charge is 0.246 e. The Morgan fingerprint density at radius 1 is 1.67 bits per heavy atom. The summed E-state index contributed by atoms with van der Waals surface area (Å²) in [6.45, 7) is 2.71. The van der Waals surface area contributed by atoms with Crippen LogP contribution in [0.5, 0.6) is 0 Å². The summed E-state index contributed by atoms with van der Waals surface area (Å²) in [5.41, 5.74) is 0.573. The molecule has 2 heterocycles. The van der Waals surface area contributed by atoms with E-state index in [-0.39, 0.29) is 10.8 Å². The third-order valence-corrected chi connectivity index (χ3v) is 4.93. The average molecular weight is 250 g/mol. The third-order valence-electron chi connectivity index (χ3n) is 2.54. The Hall–Kier alpha value is -0.590. The molecule has 0 atom stereocenters. The van der Waals surface area contributed by atoms with Crippen molar-refractivity contribution in [3.05, 3.63) is 11.9 Å². The standard InChI is InChI=1S/C8H12ClN3O2S/c1-6-8(3-10-11-6)15(13,14)12-4-7(2-9)5-12/h3,7H,2,4-5H2,1H3,(H,10,11). The lowest BCUT2D eigenvalue weighted by molar-refractivity contribution is 0.221. The molecule has 1 fully saturated rings. The zero-order valence-electron chi connectivity index (χ0n) is 8.27. The molecule has 7 heteroatoms. The van der Waals surface area contributed by atoms with Crippen molar-refractivity contribution in [1.82, 2.24) is 14.5 Å². The normalized spacial score (nSPS) is 19.1. The molecule has 0 aliphatic carbocycles. The highest BCUT2D eigenvalue weighted by Crippen LogP contribution is 2.26. The molecule has 1 aliphatic rings. The van der Waals surface area contributed by atoms with Crippen LogP contribution in [-0.4, -0.2) is 41.9 Å². The summed E-state index contributed by atoms with van der Waals surface area (Å²) in [5.74, 6) is 0.796. The molecular formula is C8H12ClN3O2S. The lowest BCUT2D eigenvalue weighted by Crippen LogP contribution is -2.50. The first-order valence-electron chi connectivity index (χ1n) is 4.61. The van der Waals surface area contributed by atoms with E-state index in [2.05, 4.69) is 10.2 Å². The quantitative estimate of drug-likeness (QED) is 0.797. The molecule has 84 valence electrons. The van der Waals surface area contributed by atoms with Gasteiger partial charge in [-0.05, 0) is 6.92 Å². The van der Waals surface area contributed by atoms with Crippen molar-refractivity contribution in [1.29, 1.82) is 0 Å². The van der Waals surface area contributed by atoms with Gasteiger partial charge in [0.15, 0.2) is 0 Å². The van der Waals surface area contributed by atoms with E-state index in [9.17, 15) is 8.42 Å². The van der Waals surface area contributed by atoms with Crippen molar-refractivity contribution in [2.24, 2.45) is 5.92 Å². The Labute approximate surface area is 93.5 Å². The molecule has 1 aromatic heterocycles. The van der Waals surface area contributed by atoms with Crippen LogP contribution in [0.1, 0.15) is 5.69 Å². The summed E-state index contributed by atoms with van der Waals surface area (Å²) in [5, 5.41) is 6.33. The Morgan fingerprint density at radius 3 is 2.80 bits per heavy atom. The van der Waals surface area contributed by atoms with Gasteiger partial charge >= 0.3 is 0 Å². The van der Waals surface area contributed by atoms with E-state index in [1.807, 2.05) is 0 Å². The molecule has 0 saturated carbocycles. The molecule has 1 aliphatic heterocycles. The fraction of sp³-hybridized carbons (Fsp3) is 0.625. The number of aromatic amines is 1. The molecule has 0 amide bonds. The van der Waals surface area contributed by atoms with Crippen molar-refractivity contribution in [3.63, 3.8) is 0 Å². The van der Waals surface area contributed by atoms with Gasteiger partial charge in [0.2, 0.25) is 10.0 Å². The van der Waals surface area contributed by atoms with Gasteiger partial charge in [0.1, 0.15) is 4.90 Å². The van der Waals surface area contributed by atoms with Gasteiger partial charge in [0.25, 0.3) is 0 Å². The maximum atomic E-state index is 12.0. The number of nitrogens with one attached hydrogen (secondary N) is 1. The van der Waals surface area contributed by atoms with Crippen molar-refractivity contribution in [3.8, 4) is 0 Å². The second kappa shape index (κ2) is 3.77. The van der Waals surface area contributed by atoms with Crippen LogP contribution in [0.3, 0.4) is 0 Å². The molecular weight excluding hydrogens is 238 g/mol. The van der Waals surface area contributed by atoms with Gasteiger partial charge < -0.3 is 0 Å². The van der Waals surface area contributed by atoms with Crippen LogP contribution in [0.4, 0.5) is 0 Å². The van der Waals surface area contributed by atoms with Gasteiger partial charge in [-0.25, -0.2) is 8.42 Å². The lowest BCUT2D eigenvalue weighted by Gasteiger charge is -2.36. The molecule has 5 nitrogen and oxygen atoms in total. The van der Waals surface area contributed by atoms with E-state index in [1.54, 1.807) is 6.92 Å². The van der Waals surface area contributed by atoms with Crippen LogP contribution < -0.4 is 0 Å². The number of H-pyrrole nitrogens is 1. The molecule has 1 N–H and O–H groups in total. The van der Waals surface area contributed by atoms with Gasteiger partial charge in [-0.15, -0.1) is 11.6 Å². The van der Waals surface area contributed by atoms with Crippen molar-refractivity contribution < 1.29 is 8.42 Å². The number of aromatic nitrogens is 2. The largest absolute Gasteiger partial charge is 0.281 e. The van der Waals surface area contributed by atoms with Gasteiger partial charge in [-0.2, -0.15) is 9.40 Å². The molecule has 0 bridgehead atoms. The Kier molecular flexibility index (Phi) is 2.74. The van der Waals surface area contributed by atoms with E-state index >= 15 is 0 Å². The highest BCUT2D eigenvalue weighted by Gasteiger charge is 2.37. The molecule has 15 heavy (non-hydrogen) atoms. The number of sulfonamides is 1. The highest BCUT2D eigenvalue weighted by molar-refractivity contribution is 7.89. The van der Waals surface area contributed by atoms with Crippen LogP contribution in [0.25, 0.3) is 0 Å². The first-order valence-corrected chi connectivity index (χ1v) is 6.59. The Balaban J connectivity index is 2.19. The summed E-state index contributed by atoms with van der Waals surface area (Å²) < 4.78 is 25.4. The average Bonchev–Trinajstić information content (AvgIpc) is 2.49. The minimum Gasteiger partial charge on any atom is -0.281 e. The van der Waals surface area contributed by atoms with Gasteiger partial charge in [-0.1, -0.05) is 0 Å². The van der Waals surface area contributed by atoms with Crippen LogP contribution in [0, 0.1) is 12.8 Å². The van der Waals surface area contributed by atoms with Crippen LogP contribution in [0.2, 0.25) is 0 Å². The van der Waals surface area contributed by atoms with E-state index < -0.39 is 10.0 Å². The number of rotatable bonds is 3. The Bertz CT molecular complexity index is 450. The third kappa shape index (κ3) is 1.77. The number of hydrogen-bond donors (Lipinski definition) is 1. The molecule has 1 aromatic rings. The second-order valence-electron chi connectivity index (χ2n) is 3.70. The van der Waals surface area contributed by atoms with E-state index in [1.165, 1.54) is 10.5 Å². The summed E-state index contributed by atoms with van der Waals surface area (Å²) >= 11 is 5.63. The van der Waals surface area contributed by atoms with Crippen molar-refractivity contribution in [2.45, 2.75) is 11.8 Å². The number of alkyl halides is 1. The fourth-order valence-electron chi connectivity index (χ4n) is 1.56. The Morgan fingerprint density at radius 2 is 2.33 bits per heavy atom. The zero-order chi connectivity index (χ0) is 11.1. The molecule has 0 unspecified atom stereocenters. The SMILES string of the molecule is Cc1[nH]ncc1S(=O)(=O)N1CC(CCl)C1. The number of nitrogens with zero attached hydrogens (tertiary/aromatic N) is 2. The predicted octanol–water partition coefficient (Wildman–Crippen LogP) is 0.577.